The molecule has 2 aliphatic heterocycles. The van der Waals surface area contributed by atoms with Gasteiger partial charge in [-0.05, 0) is 38.1 Å². The first-order valence-corrected chi connectivity index (χ1v) is 13.7. The van der Waals surface area contributed by atoms with E-state index in [2.05, 4.69) is 49.2 Å². The Morgan fingerprint density at radius 1 is 0.974 bits per heavy atom. The highest BCUT2D eigenvalue weighted by Gasteiger charge is 2.27. The molecular weight excluding hydrogens is 493 g/mol. The molecule has 39 heavy (non-hydrogen) atoms. The number of nitrogens with one attached hydrogen (secondary N) is 1. The van der Waals surface area contributed by atoms with Crippen LogP contribution < -0.4 is 15.0 Å². The van der Waals surface area contributed by atoms with Gasteiger partial charge in [0.1, 0.15) is 11.4 Å². The lowest BCUT2D eigenvalue weighted by Crippen LogP contribution is -2.52. The number of likely N-dealkylation sites (N-methyl/N-ethyl adjacent to an activating group) is 1. The Labute approximate surface area is 229 Å². The van der Waals surface area contributed by atoms with Crippen LogP contribution in [0.25, 0.3) is 22.2 Å². The molecule has 0 unspecified atom stereocenters. The van der Waals surface area contributed by atoms with E-state index in [1.807, 2.05) is 48.1 Å². The molecule has 1 N–H and O–H groups in total. The molecule has 0 saturated carbocycles. The van der Waals surface area contributed by atoms with E-state index in [4.69, 9.17) is 4.74 Å². The minimum absolute atomic E-state index is 0.267. The lowest BCUT2D eigenvalue weighted by atomic mass is 10.0. The maximum Gasteiger partial charge on any atom is 0.228 e. The molecule has 0 bridgehead atoms. The van der Waals surface area contributed by atoms with Crippen LogP contribution in [-0.2, 0) is 7.05 Å². The van der Waals surface area contributed by atoms with Gasteiger partial charge in [-0.25, -0.2) is 14.4 Å². The second kappa shape index (κ2) is 10.8. The second-order valence-electron chi connectivity index (χ2n) is 10.6. The van der Waals surface area contributed by atoms with Gasteiger partial charge in [0.05, 0.1) is 19.0 Å². The summed E-state index contributed by atoms with van der Waals surface area (Å²) < 4.78 is 22.6. The fraction of sp³-hybridized carbons (Fsp3) is 0.400. The van der Waals surface area contributed by atoms with Crippen molar-refractivity contribution in [1.82, 2.24) is 24.3 Å². The molecular formula is C30H36FN7O. The quantitative estimate of drug-likeness (QED) is 0.387. The zero-order valence-electron chi connectivity index (χ0n) is 22.9. The van der Waals surface area contributed by atoms with Crippen molar-refractivity contribution < 1.29 is 9.13 Å². The minimum atomic E-state index is -0.459. The van der Waals surface area contributed by atoms with Crippen LogP contribution in [0.5, 0.6) is 5.75 Å². The molecule has 0 spiro atoms. The summed E-state index contributed by atoms with van der Waals surface area (Å²) in [5, 5.41) is 4.20. The van der Waals surface area contributed by atoms with E-state index in [9.17, 15) is 4.39 Å². The Morgan fingerprint density at radius 2 is 1.74 bits per heavy atom. The van der Waals surface area contributed by atoms with Crippen LogP contribution in [0.1, 0.15) is 12.8 Å². The summed E-state index contributed by atoms with van der Waals surface area (Å²) in [6, 6.07) is 14.7. The number of para-hydroxylation sites is 1. The molecule has 9 heteroatoms. The van der Waals surface area contributed by atoms with Crippen LogP contribution >= 0.6 is 0 Å². The summed E-state index contributed by atoms with van der Waals surface area (Å²) in [5.41, 5.74) is 3.90. The number of methoxy groups -OCH3 is 1. The number of rotatable bonds is 6. The molecule has 2 fully saturated rings. The molecule has 2 aromatic heterocycles. The number of piperidine rings is 1. The van der Waals surface area contributed by atoms with E-state index in [1.165, 1.54) is 32.1 Å². The number of hydrogen-bond donors (Lipinski definition) is 1. The third kappa shape index (κ3) is 5.16. The summed E-state index contributed by atoms with van der Waals surface area (Å²) >= 11 is 0. The summed E-state index contributed by atoms with van der Waals surface area (Å²) in [6.45, 7) is 6.72. The van der Waals surface area contributed by atoms with Crippen molar-refractivity contribution in [2.24, 2.45) is 7.05 Å². The van der Waals surface area contributed by atoms with Crippen molar-refractivity contribution in [3.05, 3.63) is 60.7 Å². The Bertz CT molecular complexity index is 1460. The molecule has 0 atom stereocenters. The van der Waals surface area contributed by atoms with Crippen LogP contribution in [0, 0.1) is 5.82 Å². The van der Waals surface area contributed by atoms with Gasteiger partial charge in [0.25, 0.3) is 0 Å². The molecule has 0 aliphatic carbocycles. The van der Waals surface area contributed by atoms with Crippen LogP contribution in [-0.4, -0.2) is 83.8 Å². The third-order valence-corrected chi connectivity index (χ3v) is 8.21. The number of halogens is 1. The second-order valence-corrected chi connectivity index (χ2v) is 10.6. The van der Waals surface area contributed by atoms with Crippen molar-refractivity contribution >= 4 is 28.2 Å². The molecule has 2 saturated heterocycles. The predicted octanol–water partition coefficient (Wildman–Crippen LogP) is 4.74. The third-order valence-electron chi connectivity index (χ3n) is 8.21. The van der Waals surface area contributed by atoms with E-state index < -0.39 is 5.82 Å². The average Bonchev–Trinajstić information content (AvgIpc) is 3.31. The lowest BCUT2D eigenvalue weighted by Gasteiger charge is -2.42. The van der Waals surface area contributed by atoms with Crippen molar-refractivity contribution in [3.8, 4) is 17.0 Å². The van der Waals surface area contributed by atoms with E-state index in [0.29, 0.717) is 17.7 Å². The van der Waals surface area contributed by atoms with Gasteiger partial charge in [-0.2, -0.15) is 0 Å². The number of piperazine rings is 1. The number of nitrogens with zero attached hydrogens (tertiary/aromatic N) is 6. The Kier molecular flexibility index (Phi) is 7.10. The zero-order valence-corrected chi connectivity index (χ0v) is 22.9. The van der Waals surface area contributed by atoms with Gasteiger partial charge in [-0.15, -0.1) is 0 Å². The molecule has 4 heterocycles. The Morgan fingerprint density at radius 3 is 2.51 bits per heavy atom. The Hall–Kier alpha value is -3.69. The molecule has 6 rings (SSSR count). The zero-order chi connectivity index (χ0) is 26.9. The number of hydrogen-bond acceptors (Lipinski definition) is 7. The SMILES string of the molecule is COc1cc(N2CCC(N3CCN(C)CC3)CC2)ccc1Nc1ncc(F)c(-c2cn(C)c3ccccc23)n1. The molecule has 204 valence electrons. The van der Waals surface area contributed by atoms with Crippen LogP contribution in [0.15, 0.2) is 54.9 Å². The Balaban J connectivity index is 1.18. The first-order chi connectivity index (χ1) is 19.0. The maximum atomic E-state index is 14.9. The number of ether oxygens (including phenoxy) is 1. The normalized spacial score (nSPS) is 17.6. The van der Waals surface area contributed by atoms with Crippen LogP contribution in [0.2, 0.25) is 0 Å². The fourth-order valence-electron chi connectivity index (χ4n) is 5.92. The summed E-state index contributed by atoms with van der Waals surface area (Å²) in [5.74, 6) is 0.561. The van der Waals surface area contributed by atoms with Crippen LogP contribution in [0.3, 0.4) is 0 Å². The fourth-order valence-corrected chi connectivity index (χ4v) is 5.92. The number of anilines is 3. The van der Waals surface area contributed by atoms with Crippen molar-refractivity contribution in [2.45, 2.75) is 18.9 Å². The van der Waals surface area contributed by atoms with E-state index in [0.717, 1.165) is 54.0 Å². The summed E-state index contributed by atoms with van der Waals surface area (Å²) in [6.07, 6.45) is 5.47. The van der Waals surface area contributed by atoms with Crippen molar-refractivity contribution in [3.63, 3.8) is 0 Å². The molecule has 2 aromatic carbocycles. The number of fused-ring (bicyclic) bond motifs is 1. The van der Waals surface area contributed by atoms with Gasteiger partial charge in [-0.3, -0.25) is 4.90 Å². The largest absolute Gasteiger partial charge is 0.494 e. The highest BCUT2D eigenvalue weighted by atomic mass is 19.1. The lowest BCUT2D eigenvalue weighted by molar-refractivity contribution is 0.0982. The van der Waals surface area contributed by atoms with Crippen LogP contribution in [0.4, 0.5) is 21.7 Å². The molecule has 2 aliphatic rings. The topological polar surface area (TPSA) is 61.7 Å². The predicted molar refractivity (Wildman–Crippen MR) is 154 cm³/mol. The highest BCUT2D eigenvalue weighted by molar-refractivity contribution is 5.95. The number of benzene rings is 2. The van der Waals surface area contributed by atoms with Crippen molar-refractivity contribution in [1.29, 1.82) is 0 Å². The van der Waals surface area contributed by atoms with E-state index in [-0.39, 0.29) is 5.69 Å². The van der Waals surface area contributed by atoms with Gasteiger partial charge in [0.15, 0.2) is 5.82 Å². The van der Waals surface area contributed by atoms with Gasteiger partial charge in [0, 0.05) is 86.8 Å². The summed E-state index contributed by atoms with van der Waals surface area (Å²) in [4.78, 5) is 16.3. The number of aromatic nitrogens is 3. The first kappa shape index (κ1) is 25.6. The molecule has 8 nitrogen and oxygen atoms in total. The van der Waals surface area contributed by atoms with Gasteiger partial charge in [0.2, 0.25) is 5.95 Å². The maximum absolute atomic E-state index is 14.9. The van der Waals surface area contributed by atoms with Gasteiger partial charge in [-0.1, -0.05) is 18.2 Å². The standard InChI is InChI=1S/C30H36FN7O/c1-35-14-16-38(17-15-35)21-10-12-37(13-11-21)22-8-9-26(28(18-22)39-3)33-30-32-19-25(31)29(34-30)24-20-36(2)27-7-5-4-6-23(24)27/h4-9,18-21H,10-17H2,1-3H3,(H,32,33,34). The van der Waals surface area contributed by atoms with Gasteiger partial charge < -0.3 is 24.4 Å². The average molecular weight is 530 g/mol. The van der Waals surface area contributed by atoms with E-state index >= 15 is 0 Å². The summed E-state index contributed by atoms with van der Waals surface area (Å²) in [7, 11) is 5.82. The number of aryl methyl sites for hydroxylation is 1. The first-order valence-electron chi connectivity index (χ1n) is 13.7. The minimum Gasteiger partial charge on any atom is -0.494 e. The molecule has 4 aromatic rings. The molecule has 0 amide bonds. The van der Waals surface area contributed by atoms with Gasteiger partial charge >= 0.3 is 0 Å². The van der Waals surface area contributed by atoms with Crippen molar-refractivity contribution in [2.75, 3.05) is 63.6 Å². The smallest absolute Gasteiger partial charge is 0.228 e. The van der Waals surface area contributed by atoms with E-state index in [1.54, 1.807) is 7.11 Å². The molecule has 0 radical (unpaired) electrons. The monoisotopic (exact) mass is 529 g/mol. The highest BCUT2D eigenvalue weighted by Crippen LogP contribution is 2.35.